The molecule has 2 heterocycles. The maximum atomic E-state index is 12.6. The number of ether oxygens (including phenoxy) is 1. The zero-order chi connectivity index (χ0) is 23.4. The molecule has 0 aliphatic rings. The Morgan fingerprint density at radius 3 is 2.67 bits per heavy atom. The summed E-state index contributed by atoms with van der Waals surface area (Å²) >= 11 is 5.87. The number of halogens is 1. The van der Waals surface area contributed by atoms with E-state index in [9.17, 15) is 14.7 Å². The van der Waals surface area contributed by atoms with Crippen LogP contribution in [0, 0.1) is 0 Å². The van der Waals surface area contributed by atoms with Gasteiger partial charge in [-0.15, -0.1) is 0 Å². The highest BCUT2D eigenvalue weighted by molar-refractivity contribution is 6.30. The minimum absolute atomic E-state index is 0.0332. The van der Waals surface area contributed by atoms with E-state index in [4.69, 9.17) is 16.3 Å². The molecule has 0 amide bonds. The number of aromatic nitrogens is 4. The van der Waals surface area contributed by atoms with Crippen molar-refractivity contribution in [3.63, 3.8) is 0 Å². The largest absolute Gasteiger partial charge is 0.491 e. The van der Waals surface area contributed by atoms with E-state index in [2.05, 4.69) is 20.5 Å². The molecule has 4 aromatic rings. The Morgan fingerprint density at radius 1 is 1.21 bits per heavy atom. The van der Waals surface area contributed by atoms with Gasteiger partial charge in [0, 0.05) is 12.1 Å². The molecule has 4 rings (SSSR count). The Morgan fingerprint density at radius 2 is 1.94 bits per heavy atom. The van der Waals surface area contributed by atoms with Crippen molar-refractivity contribution in [2.45, 2.75) is 12.6 Å². The van der Waals surface area contributed by atoms with Crippen LogP contribution in [0.4, 0.5) is 5.95 Å². The Bertz CT molecular complexity index is 1390. The molecule has 2 aromatic heterocycles. The summed E-state index contributed by atoms with van der Waals surface area (Å²) in [6.07, 6.45) is 0.598. The van der Waals surface area contributed by atoms with E-state index in [1.165, 1.54) is 16.2 Å². The second kappa shape index (κ2) is 9.72. The maximum Gasteiger partial charge on any atom is 0.329 e. The molecule has 3 N–H and O–H groups in total. The highest BCUT2D eigenvalue weighted by atomic mass is 35.5. The van der Waals surface area contributed by atoms with Crippen LogP contribution in [-0.2, 0) is 13.6 Å². The van der Waals surface area contributed by atoms with E-state index in [0.29, 0.717) is 10.8 Å². The molecule has 2 aromatic carbocycles. The fraction of sp³-hybridized carbons (Fsp3) is 0.182. The lowest BCUT2D eigenvalue weighted by molar-refractivity contribution is 0.0938. The number of aliphatic hydroxyl groups excluding tert-OH is 1. The van der Waals surface area contributed by atoms with E-state index in [1.807, 2.05) is 30.3 Å². The molecule has 0 saturated heterocycles. The number of anilines is 1. The fourth-order valence-corrected chi connectivity index (χ4v) is 3.31. The first-order valence-electron chi connectivity index (χ1n) is 10.0. The molecular formula is C22H21ClN6O4. The van der Waals surface area contributed by atoms with Crippen molar-refractivity contribution in [1.29, 1.82) is 0 Å². The normalized spacial score (nSPS) is 12.3. The molecule has 0 unspecified atom stereocenters. The molecule has 10 nitrogen and oxygen atoms in total. The Kier molecular flexibility index (Phi) is 6.57. The van der Waals surface area contributed by atoms with Crippen LogP contribution in [0.1, 0.15) is 5.56 Å². The predicted octanol–water partition coefficient (Wildman–Crippen LogP) is 1.96. The van der Waals surface area contributed by atoms with Gasteiger partial charge in [-0.3, -0.25) is 14.3 Å². The first kappa shape index (κ1) is 22.3. The zero-order valence-corrected chi connectivity index (χ0v) is 18.4. The number of fused-ring (bicyclic) bond motifs is 1. The number of rotatable bonds is 8. The molecule has 33 heavy (non-hydrogen) atoms. The van der Waals surface area contributed by atoms with E-state index in [0.717, 1.165) is 5.56 Å². The second-order valence-corrected chi connectivity index (χ2v) is 7.67. The van der Waals surface area contributed by atoms with Gasteiger partial charge in [0.1, 0.15) is 18.5 Å². The topological polar surface area (TPSA) is 127 Å². The van der Waals surface area contributed by atoms with Crippen molar-refractivity contribution in [3.05, 3.63) is 86.0 Å². The summed E-state index contributed by atoms with van der Waals surface area (Å²) in [5.41, 5.74) is 2.72. The van der Waals surface area contributed by atoms with Crippen LogP contribution in [0.3, 0.4) is 0 Å². The van der Waals surface area contributed by atoms with Gasteiger partial charge in [-0.05, 0) is 29.8 Å². The average Bonchev–Trinajstić information content (AvgIpc) is 3.16. The molecule has 11 heteroatoms. The summed E-state index contributed by atoms with van der Waals surface area (Å²) in [6, 6.07) is 16.1. The van der Waals surface area contributed by atoms with Crippen LogP contribution in [0.5, 0.6) is 5.75 Å². The summed E-state index contributed by atoms with van der Waals surface area (Å²) in [6.45, 7) is -0.0771. The third-order valence-corrected chi connectivity index (χ3v) is 5.09. The summed E-state index contributed by atoms with van der Waals surface area (Å²) < 4.78 is 8.28. The molecule has 1 atom stereocenters. The zero-order valence-electron chi connectivity index (χ0n) is 17.6. The quantitative estimate of drug-likeness (QED) is 0.268. The lowest BCUT2D eigenvalue weighted by Crippen LogP contribution is -2.30. The van der Waals surface area contributed by atoms with Gasteiger partial charge >= 0.3 is 5.69 Å². The number of nitrogens with one attached hydrogen (secondary N) is 2. The first-order valence-corrected chi connectivity index (χ1v) is 10.4. The van der Waals surface area contributed by atoms with Crippen molar-refractivity contribution in [1.82, 2.24) is 19.1 Å². The molecule has 170 valence electrons. The summed E-state index contributed by atoms with van der Waals surface area (Å²) in [5.74, 6) is 0.731. The summed E-state index contributed by atoms with van der Waals surface area (Å²) in [7, 11) is 1.50. The molecule has 0 spiro atoms. The van der Waals surface area contributed by atoms with Crippen molar-refractivity contribution < 1.29 is 9.84 Å². The van der Waals surface area contributed by atoms with Crippen LogP contribution in [0.2, 0.25) is 5.02 Å². The van der Waals surface area contributed by atoms with Crippen LogP contribution < -0.4 is 21.4 Å². The number of aromatic amines is 1. The molecule has 0 fully saturated rings. The standard InChI is InChI=1S/C22H21ClN6O4/c1-28-19-18(20(31)26-22(28)32)29(12-16(30)13-33-17-9-7-15(23)8-10-17)21(25-19)27-24-11-14-5-3-2-4-6-14/h2-11,16,30H,12-13H2,1H3,(H,25,27)(H,26,31,32)/b24-11+/t16-/m0/s1. The number of hydrogen-bond acceptors (Lipinski definition) is 7. The van der Waals surface area contributed by atoms with E-state index in [1.54, 1.807) is 30.5 Å². The minimum atomic E-state index is -0.992. The lowest BCUT2D eigenvalue weighted by atomic mass is 10.2. The lowest BCUT2D eigenvalue weighted by Gasteiger charge is -2.15. The predicted molar refractivity (Wildman–Crippen MR) is 126 cm³/mol. The number of hydrazone groups is 1. The van der Waals surface area contributed by atoms with Gasteiger partial charge in [0.25, 0.3) is 5.56 Å². The summed E-state index contributed by atoms with van der Waals surface area (Å²) in [4.78, 5) is 31.2. The SMILES string of the molecule is Cn1c(=O)[nH]c(=O)c2c1nc(N/N=C/c1ccccc1)n2C[C@H](O)COc1ccc(Cl)cc1. The first-order chi connectivity index (χ1) is 15.9. The highest BCUT2D eigenvalue weighted by Gasteiger charge is 2.20. The molecule has 0 radical (unpaired) electrons. The number of hydrogen-bond donors (Lipinski definition) is 3. The number of imidazole rings is 1. The maximum absolute atomic E-state index is 12.6. The fourth-order valence-electron chi connectivity index (χ4n) is 3.19. The van der Waals surface area contributed by atoms with Gasteiger partial charge in [0.05, 0.1) is 12.8 Å². The smallest absolute Gasteiger partial charge is 0.329 e. The number of aliphatic hydroxyl groups is 1. The number of benzene rings is 2. The van der Waals surface area contributed by atoms with Crippen molar-refractivity contribution >= 4 is 34.9 Å². The molecule has 0 aliphatic heterocycles. The van der Waals surface area contributed by atoms with Gasteiger partial charge in [-0.1, -0.05) is 41.9 Å². The van der Waals surface area contributed by atoms with E-state index < -0.39 is 17.4 Å². The van der Waals surface area contributed by atoms with Crippen LogP contribution in [-0.4, -0.2) is 43.1 Å². The monoisotopic (exact) mass is 468 g/mol. The van der Waals surface area contributed by atoms with Gasteiger partial charge in [0.2, 0.25) is 5.95 Å². The second-order valence-electron chi connectivity index (χ2n) is 7.24. The summed E-state index contributed by atoms with van der Waals surface area (Å²) in [5, 5.41) is 15.3. The van der Waals surface area contributed by atoms with Gasteiger partial charge in [0.15, 0.2) is 11.2 Å². The molecule has 0 aliphatic carbocycles. The molecule has 0 saturated carbocycles. The van der Waals surface area contributed by atoms with Gasteiger partial charge in [-0.2, -0.15) is 10.1 Å². The van der Waals surface area contributed by atoms with Crippen LogP contribution >= 0.6 is 11.6 Å². The highest BCUT2D eigenvalue weighted by Crippen LogP contribution is 2.18. The third-order valence-electron chi connectivity index (χ3n) is 4.83. The Labute approximate surface area is 192 Å². The van der Waals surface area contributed by atoms with Crippen molar-refractivity contribution in [2.75, 3.05) is 12.0 Å². The molecular weight excluding hydrogens is 448 g/mol. The Hall–Kier alpha value is -3.89. The number of nitrogens with zero attached hydrogens (tertiary/aromatic N) is 4. The van der Waals surface area contributed by atoms with Crippen molar-refractivity contribution in [3.8, 4) is 5.75 Å². The van der Waals surface area contributed by atoms with Gasteiger partial charge < -0.3 is 14.4 Å². The molecule has 0 bridgehead atoms. The van der Waals surface area contributed by atoms with E-state index >= 15 is 0 Å². The van der Waals surface area contributed by atoms with Crippen LogP contribution in [0.15, 0.2) is 69.3 Å². The van der Waals surface area contributed by atoms with Gasteiger partial charge in [-0.25, -0.2) is 10.2 Å². The third kappa shape index (κ3) is 5.13. The Balaban J connectivity index is 1.61. The van der Waals surface area contributed by atoms with E-state index in [-0.39, 0.29) is 30.3 Å². The van der Waals surface area contributed by atoms with Crippen molar-refractivity contribution in [2.24, 2.45) is 12.1 Å². The number of H-pyrrole nitrogens is 1. The number of aryl methyl sites for hydroxylation is 1. The average molecular weight is 469 g/mol. The minimum Gasteiger partial charge on any atom is -0.491 e. The van der Waals surface area contributed by atoms with Crippen LogP contribution in [0.25, 0.3) is 11.2 Å².